The van der Waals surface area contributed by atoms with E-state index >= 15 is 0 Å². The number of thiazole rings is 1. The van der Waals surface area contributed by atoms with Gasteiger partial charge in [0, 0.05) is 26.2 Å². The Labute approximate surface area is 144 Å². The molecule has 0 unspecified atom stereocenters. The molecule has 5 nitrogen and oxygen atoms in total. The molecule has 130 valence electrons. The van der Waals surface area contributed by atoms with Crippen LogP contribution in [-0.4, -0.2) is 43.2 Å². The average molecular weight is 351 g/mol. The fourth-order valence-electron chi connectivity index (χ4n) is 2.57. The first kappa shape index (κ1) is 17.1. The highest BCUT2D eigenvalue weighted by Crippen LogP contribution is 2.33. The summed E-state index contributed by atoms with van der Waals surface area (Å²) in [5, 5.41) is 3.80. The Kier molecular flexibility index (Phi) is 5.30. The lowest BCUT2D eigenvalue weighted by Gasteiger charge is -2.37. The van der Waals surface area contributed by atoms with E-state index in [9.17, 15) is 9.18 Å². The Morgan fingerprint density at radius 3 is 3.04 bits per heavy atom. The van der Waals surface area contributed by atoms with E-state index in [1.807, 2.05) is 13.8 Å². The van der Waals surface area contributed by atoms with Crippen LogP contribution in [0.25, 0.3) is 10.2 Å². The molecule has 0 atom stereocenters. The van der Waals surface area contributed by atoms with Crippen LogP contribution in [0.1, 0.15) is 20.3 Å². The van der Waals surface area contributed by atoms with Crippen molar-refractivity contribution in [2.45, 2.75) is 26.4 Å². The molecule has 1 saturated heterocycles. The summed E-state index contributed by atoms with van der Waals surface area (Å²) in [5.41, 5.74) is 0.800. The Balaban J connectivity index is 1.43. The highest BCUT2D eigenvalue weighted by atomic mass is 32.1. The van der Waals surface area contributed by atoms with Crippen molar-refractivity contribution in [1.82, 2.24) is 10.3 Å². The molecule has 0 spiro atoms. The first-order chi connectivity index (χ1) is 11.5. The third kappa shape index (κ3) is 4.02. The highest BCUT2D eigenvalue weighted by molar-refractivity contribution is 7.22. The molecule has 1 N–H and O–H groups in total. The second kappa shape index (κ2) is 7.44. The number of carbonyl (C=O) groups is 1. The molecule has 0 radical (unpaired) electrons. The molecular formula is C17H22FN3O2S. The van der Waals surface area contributed by atoms with Crippen LogP contribution in [0.15, 0.2) is 18.2 Å². The van der Waals surface area contributed by atoms with Gasteiger partial charge in [0.05, 0.1) is 22.2 Å². The third-order valence-electron chi connectivity index (χ3n) is 3.93. The predicted octanol–water partition coefficient (Wildman–Crippen LogP) is 2.80. The monoisotopic (exact) mass is 351 g/mol. The number of benzene rings is 1. The van der Waals surface area contributed by atoms with Crippen molar-refractivity contribution in [2.75, 3.05) is 31.1 Å². The van der Waals surface area contributed by atoms with Crippen molar-refractivity contribution in [3.05, 3.63) is 24.0 Å². The number of carbonyl (C=O) groups excluding carboxylic acids is 1. The fourth-order valence-corrected chi connectivity index (χ4v) is 3.58. The van der Waals surface area contributed by atoms with Gasteiger partial charge >= 0.3 is 0 Å². The summed E-state index contributed by atoms with van der Waals surface area (Å²) in [4.78, 5) is 18.6. The number of hydrogen-bond acceptors (Lipinski definition) is 5. The SMILES string of the molecule is CC(C)OCCCNC(=O)C1CN(c2nc3ccc(F)cc3s2)C1. The Morgan fingerprint density at radius 1 is 1.50 bits per heavy atom. The molecule has 24 heavy (non-hydrogen) atoms. The van der Waals surface area contributed by atoms with E-state index in [-0.39, 0.29) is 23.7 Å². The zero-order chi connectivity index (χ0) is 17.1. The third-order valence-corrected chi connectivity index (χ3v) is 5.01. The van der Waals surface area contributed by atoms with Crippen molar-refractivity contribution in [1.29, 1.82) is 0 Å². The summed E-state index contributed by atoms with van der Waals surface area (Å²) in [6.07, 6.45) is 1.05. The van der Waals surface area contributed by atoms with E-state index in [2.05, 4.69) is 15.2 Å². The zero-order valence-electron chi connectivity index (χ0n) is 13.9. The summed E-state index contributed by atoms with van der Waals surface area (Å²) in [6.45, 7) is 6.63. The largest absolute Gasteiger partial charge is 0.379 e. The molecule has 7 heteroatoms. The molecule has 0 saturated carbocycles. The number of fused-ring (bicyclic) bond motifs is 1. The summed E-state index contributed by atoms with van der Waals surface area (Å²) in [7, 11) is 0. The van der Waals surface area contributed by atoms with Crippen LogP contribution in [-0.2, 0) is 9.53 Å². The summed E-state index contributed by atoms with van der Waals surface area (Å²) in [6, 6.07) is 4.61. The second-order valence-corrected chi connectivity index (χ2v) is 7.28. The number of rotatable bonds is 7. The number of ether oxygens (including phenoxy) is 1. The van der Waals surface area contributed by atoms with E-state index in [0.29, 0.717) is 26.2 Å². The number of halogens is 1. The zero-order valence-corrected chi connectivity index (χ0v) is 14.7. The van der Waals surface area contributed by atoms with E-state index in [1.165, 1.54) is 23.5 Å². The second-order valence-electron chi connectivity index (χ2n) is 6.27. The van der Waals surface area contributed by atoms with Crippen molar-refractivity contribution in [3.63, 3.8) is 0 Å². The van der Waals surface area contributed by atoms with Gasteiger partial charge in [-0.1, -0.05) is 11.3 Å². The van der Waals surface area contributed by atoms with Crippen molar-refractivity contribution in [2.24, 2.45) is 5.92 Å². The van der Waals surface area contributed by atoms with E-state index in [4.69, 9.17) is 4.74 Å². The van der Waals surface area contributed by atoms with Crippen molar-refractivity contribution in [3.8, 4) is 0 Å². The first-order valence-corrected chi connectivity index (χ1v) is 9.05. The molecule has 1 fully saturated rings. The standard InChI is InChI=1S/C17H22FN3O2S/c1-11(2)23-7-3-6-19-16(22)12-9-21(10-12)17-20-14-5-4-13(18)8-15(14)24-17/h4-5,8,11-12H,3,6-7,9-10H2,1-2H3,(H,19,22). The summed E-state index contributed by atoms with van der Waals surface area (Å²) in [5.74, 6) is -0.164. The van der Waals surface area contributed by atoms with Crippen LogP contribution in [0.3, 0.4) is 0 Å². The minimum atomic E-state index is -0.250. The lowest BCUT2D eigenvalue weighted by molar-refractivity contribution is -0.125. The van der Waals surface area contributed by atoms with Gasteiger partial charge in [0.1, 0.15) is 5.82 Å². The molecule has 3 rings (SSSR count). The normalized spacial score (nSPS) is 15.1. The maximum atomic E-state index is 13.2. The van der Waals surface area contributed by atoms with E-state index in [1.54, 1.807) is 6.07 Å². The van der Waals surface area contributed by atoms with Gasteiger partial charge in [-0.3, -0.25) is 4.79 Å². The van der Waals surface area contributed by atoms with Crippen molar-refractivity contribution >= 4 is 32.6 Å². The Morgan fingerprint density at radius 2 is 2.29 bits per heavy atom. The molecular weight excluding hydrogens is 329 g/mol. The minimum Gasteiger partial charge on any atom is -0.379 e. The van der Waals surface area contributed by atoms with Crippen LogP contribution in [0, 0.1) is 11.7 Å². The van der Waals surface area contributed by atoms with Crippen LogP contribution in [0.4, 0.5) is 9.52 Å². The number of nitrogens with one attached hydrogen (secondary N) is 1. The first-order valence-electron chi connectivity index (χ1n) is 8.23. The van der Waals surface area contributed by atoms with Crippen LogP contribution < -0.4 is 10.2 Å². The van der Waals surface area contributed by atoms with Crippen molar-refractivity contribution < 1.29 is 13.9 Å². The highest BCUT2D eigenvalue weighted by Gasteiger charge is 2.34. The lowest BCUT2D eigenvalue weighted by atomic mass is 10.00. The number of nitrogens with zero attached hydrogens (tertiary/aromatic N) is 2. The quantitative estimate of drug-likeness (QED) is 0.780. The number of anilines is 1. The molecule has 1 amide bonds. The lowest BCUT2D eigenvalue weighted by Crippen LogP contribution is -2.53. The predicted molar refractivity (Wildman–Crippen MR) is 94.0 cm³/mol. The fraction of sp³-hybridized carbons (Fsp3) is 0.529. The van der Waals surface area contributed by atoms with Gasteiger partial charge in [-0.15, -0.1) is 0 Å². The molecule has 1 aromatic carbocycles. The van der Waals surface area contributed by atoms with Gasteiger partial charge in [0.15, 0.2) is 5.13 Å². The molecule has 0 aliphatic carbocycles. The smallest absolute Gasteiger partial charge is 0.226 e. The van der Waals surface area contributed by atoms with Gasteiger partial charge in [-0.25, -0.2) is 9.37 Å². The van der Waals surface area contributed by atoms with Gasteiger partial charge < -0.3 is 15.0 Å². The number of aromatic nitrogens is 1. The van der Waals surface area contributed by atoms with Gasteiger partial charge in [-0.2, -0.15) is 0 Å². The minimum absolute atomic E-state index is 0.000217. The van der Waals surface area contributed by atoms with Crippen LogP contribution >= 0.6 is 11.3 Å². The van der Waals surface area contributed by atoms with Crippen LogP contribution in [0.5, 0.6) is 0 Å². The molecule has 2 heterocycles. The molecule has 1 aliphatic rings. The van der Waals surface area contributed by atoms with Gasteiger partial charge in [0.25, 0.3) is 0 Å². The summed E-state index contributed by atoms with van der Waals surface area (Å²) >= 11 is 1.46. The van der Waals surface area contributed by atoms with Crippen LogP contribution in [0.2, 0.25) is 0 Å². The molecule has 2 aromatic rings. The maximum absolute atomic E-state index is 13.2. The average Bonchev–Trinajstić information content (AvgIpc) is 2.87. The van der Waals surface area contributed by atoms with E-state index < -0.39 is 0 Å². The Bertz CT molecular complexity index is 713. The molecule has 0 bridgehead atoms. The number of amides is 1. The Hall–Kier alpha value is -1.73. The van der Waals surface area contributed by atoms with Gasteiger partial charge in [0.2, 0.25) is 5.91 Å². The molecule has 1 aromatic heterocycles. The summed E-state index contributed by atoms with van der Waals surface area (Å²) < 4.78 is 19.5. The van der Waals surface area contributed by atoms with Gasteiger partial charge in [-0.05, 0) is 38.5 Å². The number of hydrogen-bond donors (Lipinski definition) is 1. The molecule has 1 aliphatic heterocycles. The maximum Gasteiger partial charge on any atom is 0.226 e. The topological polar surface area (TPSA) is 54.5 Å². The van der Waals surface area contributed by atoms with E-state index in [0.717, 1.165) is 21.8 Å².